The quantitative estimate of drug-likeness (QED) is 0.183. The van der Waals surface area contributed by atoms with Gasteiger partial charge in [0, 0.05) is 63.2 Å². The van der Waals surface area contributed by atoms with E-state index in [0.29, 0.717) is 11.1 Å². The lowest BCUT2D eigenvalue weighted by Crippen LogP contribution is -2.78. The van der Waals surface area contributed by atoms with Crippen molar-refractivity contribution < 1.29 is 66.7 Å². The molecule has 6 aliphatic rings. The van der Waals surface area contributed by atoms with Crippen molar-refractivity contribution in [3.8, 4) is 0 Å². The zero-order valence-electron chi connectivity index (χ0n) is 36.4. The lowest BCUT2D eigenvalue weighted by atomic mass is 9.36. The van der Waals surface area contributed by atoms with E-state index in [-0.39, 0.29) is 36.4 Å². The number of methoxy groups -OCH3 is 1. The molecule has 7 rings (SSSR count). The highest BCUT2D eigenvalue weighted by Crippen LogP contribution is 2.82. The summed E-state index contributed by atoms with van der Waals surface area (Å²) in [6.45, 7) is 17.9. The second-order valence-corrected chi connectivity index (χ2v) is 18.8. The van der Waals surface area contributed by atoms with Crippen LogP contribution in [0.1, 0.15) is 106 Å². The largest absolute Gasteiger partial charge is 0.493 e. The molecule has 14 heteroatoms. The molecule has 1 aliphatic heterocycles. The standard InChI is InChI=1S/C46H56O14/c1-22-18-33(59-39(52)29-16-14-13-15-17-29)44(11)38(58-28(7)50)37(57-27(6)49)42(9)21-45(44,60-40(42)53)46(22)24(3)36(56-26(5)48)43(10)32-19-30(51)34(54-12)23(2)41(32,8)20-31(35(43)46)55-25(4)47/h13-18,24,31-33,35-38H,19-21H2,1-12H3/t24-,31+,32+,33+,35-,36-,37+,38-,41+,42-,43-,44-,45-,46-/m0/s1. The molecule has 1 heterocycles. The average Bonchev–Trinajstić information content (AvgIpc) is 3.53. The fourth-order valence-electron chi connectivity index (χ4n) is 13.9. The van der Waals surface area contributed by atoms with Crippen molar-refractivity contribution in [3.63, 3.8) is 0 Å². The van der Waals surface area contributed by atoms with Crippen LogP contribution in [0.25, 0.3) is 0 Å². The number of allylic oxidation sites excluding steroid dienone is 2. The summed E-state index contributed by atoms with van der Waals surface area (Å²) < 4.78 is 44.3. The number of hydrogen-bond donors (Lipinski definition) is 0. The van der Waals surface area contributed by atoms with Crippen LogP contribution < -0.4 is 0 Å². The highest BCUT2D eigenvalue weighted by Gasteiger charge is 2.90. The maximum Gasteiger partial charge on any atom is 0.338 e. The molecule has 324 valence electrons. The van der Waals surface area contributed by atoms with Crippen molar-refractivity contribution in [3.05, 3.63) is 58.9 Å². The van der Waals surface area contributed by atoms with E-state index in [1.807, 2.05) is 34.6 Å². The van der Waals surface area contributed by atoms with Crippen LogP contribution in [-0.4, -0.2) is 84.8 Å². The lowest BCUT2D eigenvalue weighted by Gasteiger charge is -2.69. The Morgan fingerprint density at radius 1 is 0.750 bits per heavy atom. The Kier molecular flexibility index (Phi) is 10.1. The summed E-state index contributed by atoms with van der Waals surface area (Å²) in [5.41, 5.74) is -7.18. The minimum atomic E-state index is -1.81. The Morgan fingerprint density at radius 3 is 1.88 bits per heavy atom. The number of rotatable bonds is 7. The van der Waals surface area contributed by atoms with Gasteiger partial charge in [0.2, 0.25) is 0 Å². The molecule has 0 aromatic heterocycles. The molecule has 4 fully saturated rings. The molecule has 14 nitrogen and oxygen atoms in total. The zero-order valence-corrected chi connectivity index (χ0v) is 36.4. The highest BCUT2D eigenvalue weighted by atomic mass is 16.6. The first kappa shape index (κ1) is 43.1. The minimum absolute atomic E-state index is 0.00378. The average molecular weight is 833 g/mol. The maximum atomic E-state index is 15.0. The zero-order chi connectivity index (χ0) is 44.3. The normalized spacial score (nSPS) is 42.4. The van der Waals surface area contributed by atoms with Gasteiger partial charge in [-0.05, 0) is 69.2 Å². The molecule has 2 spiro atoms. The van der Waals surface area contributed by atoms with E-state index in [9.17, 15) is 33.6 Å². The van der Waals surface area contributed by atoms with Crippen molar-refractivity contribution in [2.75, 3.05) is 7.11 Å². The molecule has 0 unspecified atom stereocenters. The van der Waals surface area contributed by atoms with Gasteiger partial charge in [-0.15, -0.1) is 0 Å². The van der Waals surface area contributed by atoms with Crippen LogP contribution in [0.4, 0.5) is 0 Å². The van der Waals surface area contributed by atoms with Gasteiger partial charge >= 0.3 is 35.8 Å². The minimum Gasteiger partial charge on any atom is -0.493 e. The van der Waals surface area contributed by atoms with Crippen molar-refractivity contribution in [2.45, 2.75) is 132 Å². The number of ether oxygens (including phenoxy) is 7. The summed E-state index contributed by atoms with van der Waals surface area (Å²) in [6.07, 6.45) is -4.25. The smallest absolute Gasteiger partial charge is 0.338 e. The van der Waals surface area contributed by atoms with Gasteiger partial charge in [-0.1, -0.05) is 44.5 Å². The molecule has 0 N–H and O–H groups in total. The summed E-state index contributed by atoms with van der Waals surface area (Å²) in [7, 11) is 1.44. The van der Waals surface area contributed by atoms with E-state index in [1.165, 1.54) is 34.8 Å². The molecule has 0 amide bonds. The number of fused-ring (bicyclic) bond motifs is 5. The molecule has 14 atom stereocenters. The third-order valence-electron chi connectivity index (χ3n) is 16.0. The highest BCUT2D eigenvalue weighted by molar-refractivity contribution is 5.96. The lowest BCUT2D eigenvalue weighted by molar-refractivity contribution is -0.291. The second kappa shape index (κ2) is 14.0. The fraction of sp³-hybridized carbons (Fsp3) is 0.630. The Labute approximate surface area is 350 Å². The summed E-state index contributed by atoms with van der Waals surface area (Å²) in [5, 5.41) is 0. The van der Waals surface area contributed by atoms with E-state index >= 15 is 0 Å². The number of carbonyl (C=O) groups excluding carboxylic acids is 7. The van der Waals surface area contributed by atoms with Gasteiger partial charge in [-0.2, -0.15) is 0 Å². The van der Waals surface area contributed by atoms with Crippen molar-refractivity contribution in [2.24, 2.45) is 44.8 Å². The summed E-state index contributed by atoms with van der Waals surface area (Å²) >= 11 is 0. The van der Waals surface area contributed by atoms with Crippen LogP contribution in [0.15, 0.2) is 53.3 Å². The van der Waals surface area contributed by atoms with Crippen LogP contribution in [-0.2, 0) is 61.9 Å². The summed E-state index contributed by atoms with van der Waals surface area (Å²) in [4.78, 5) is 96.3. The van der Waals surface area contributed by atoms with Crippen molar-refractivity contribution in [1.29, 1.82) is 0 Å². The summed E-state index contributed by atoms with van der Waals surface area (Å²) in [6, 6.07) is 8.30. The van der Waals surface area contributed by atoms with E-state index in [4.69, 9.17) is 33.2 Å². The second-order valence-electron chi connectivity index (χ2n) is 18.8. The van der Waals surface area contributed by atoms with Gasteiger partial charge in [0.05, 0.1) is 18.1 Å². The van der Waals surface area contributed by atoms with Crippen LogP contribution in [0.3, 0.4) is 0 Å². The van der Waals surface area contributed by atoms with Gasteiger partial charge in [0.25, 0.3) is 0 Å². The topological polar surface area (TPSA) is 184 Å². The van der Waals surface area contributed by atoms with Crippen molar-refractivity contribution >= 4 is 41.6 Å². The number of Topliss-reactive ketones (excluding diaryl/α,β-unsaturated/α-hetero) is 1. The van der Waals surface area contributed by atoms with E-state index in [0.717, 1.165) is 0 Å². The van der Waals surface area contributed by atoms with E-state index in [2.05, 4.69) is 0 Å². The van der Waals surface area contributed by atoms with Crippen LogP contribution in [0.2, 0.25) is 0 Å². The summed E-state index contributed by atoms with van der Waals surface area (Å²) in [5.74, 6) is -6.31. The monoisotopic (exact) mass is 832 g/mol. The van der Waals surface area contributed by atoms with E-state index in [1.54, 1.807) is 50.3 Å². The first-order valence-electron chi connectivity index (χ1n) is 20.6. The SMILES string of the molecule is COC1=C(C)[C@@]2(C)C[C@@H](OC(C)=O)[C@H]3[C@@](C)([C@@H](OC(C)=O)[C@H](C)[C@@]34C(C)=C[C@@H](OC(=O)c3ccccc3)[C@@]3(C)[C@@H](OC(C)=O)[C@@H](OC(C)=O)[C@]5(C)C[C@]34OC5=O)[C@@H]2CC1=O. The number of carbonyl (C=O) groups is 7. The first-order chi connectivity index (χ1) is 27.9. The van der Waals surface area contributed by atoms with Crippen LogP contribution in [0.5, 0.6) is 0 Å². The predicted octanol–water partition coefficient (Wildman–Crippen LogP) is 5.79. The van der Waals surface area contributed by atoms with Gasteiger partial charge in [-0.3, -0.25) is 28.8 Å². The van der Waals surface area contributed by atoms with E-state index < -0.39 is 117 Å². The molecule has 0 radical (unpaired) electrons. The number of ketones is 1. The molecule has 5 aliphatic carbocycles. The van der Waals surface area contributed by atoms with Crippen molar-refractivity contribution in [1.82, 2.24) is 0 Å². The Balaban J connectivity index is 1.61. The molecule has 60 heavy (non-hydrogen) atoms. The molecular formula is C46H56O14. The molecule has 1 saturated heterocycles. The molecule has 1 aromatic rings. The first-order valence-corrected chi connectivity index (χ1v) is 20.6. The molecule has 1 aromatic carbocycles. The Morgan fingerprint density at radius 2 is 1.32 bits per heavy atom. The van der Waals surface area contributed by atoms with Crippen LogP contribution >= 0.6 is 0 Å². The molecule has 2 bridgehead atoms. The molecular weight excluding hydrogens is 776 g/mol. The fourth-order valence-corrected chi connectivity index (χ4v) is 13.9. The van der Waals surface area contributed by atoms with Gasteiger partial charge in [-0.25, -0.2) is 4.79 Å². The molecule has 3 saturated carbocycles. The number of hydrogen-bond acceptors (Lipinski definition) is 14. The van der Waals surface area contributed by atoms with Gasteiger partial charge in [0.1, 0.15) is 29.3 Å². The van der Waals surface area contributed by atoms with Gasteiger partial charge < -0.3 is 33.2 Å². The van der Waals surface area contributed by atoms with Crippen LogP contribution in [0, 0.1) is 44.8 Å². The number of esters is 6. The Bertz CT molecular complexity index is 2140. The third-order valence-corrected chi connectivity index (χ3v) is 16.0. The van der Waals surface area contributed by atoms with Gasteiger partial charge in [0.15, 0.2) is 23.8 Å². The Hall–Kier alpha value is -5.01. The third kappa shape index (κ3) is 5.39. The predicted molar refractivity (Wildman–Crippen MR) is 210 cm³/mol. The maximum absolute atomic E-state index is 15.0. The number of benzene rings is 1.